The van der Waals surface area contributed by atoms with Crippen molar-refractivity contribution in [3.05, 3.63) is 99.5 Å². The fourth-order valence-corrected chi connectivity index (χ4v) is 3.66. The maximum absolute atomic E-state index is 9.59. The number of halogens is 2. The summed E-state index contributed by atoms with van der Waals surface area (Å²) in [7, 11) is 0. The molecule has 0 aliphatic rings. The first-order chi connectivity index (χ1) is 14.6. The monoisotopic (exact) mass is 439 g/mol. The van der Waals surface area contributed by atoms with Crippen molar-refractivity contribution in [1.29, 1.82) is 5.26 Å². The van der Waals surface area contributed by atoms with E-state index in [2.05, 4.69) is 28.4 Å². The molecule has 0 aliphatic heterocycles. The minimum atomic E-state index is -0.0945. The minimum Gasteiger partial charge on any atom is -0.395 e. The van der Waals surface area contributed by atoms with Crippen LogP contribution in [0.1, 0.15) is 22.7 Å². The Kier molecular flexibility index (Phi) is 8.12. The van der Waals surface area contributed by atoms with E-state index in [1.165, 1.54) is 5.56 Å². The van der Waals surface area contributed by atoms with Crippen LogP contribution in [0.25, 0.3) is 0 Å². The van der Waals surface area contributed by atoms with Gasteiger partial charge in [-0.25, -0.2) is 0 Å². The Morgan fingerprint density at radius 3 is 2.37 bits per heavy atom. The van der Waals surface area contributed by atoms with Gasteiger partial charge >= 0.3 is 0 Å². The molecular weight excluding hydrogens is 417 g/mol. The molecule has 1 atom stereocenters. The molecule has 0 saturated carbocycles. The number of nitrogens with one attached hydrogen (secondary N) is 1. The predicted octanol–water partition coefficient (Wildman–Crippen LogP) is 5.51. The molecular formula is C24H23Cl2N3O. The van der Waals surface area contributed by atoms with Crippen LogP contribution in [-0.2, 0) is 6.54 Å². The van der Waals surface area contributed by atoms with E-state index >= 15 is 0 Å². The van der Waals surface area contributed by atoms with E-state index in [1.54, 1.807) is 12.1 Å². The molecule has 0 saturated heterocycles. The molecule has 2 N–H and O–H groups in total. The topological polar surface area (TPSA) is 59.3 Å². The van der Waals surface area contributed by atoms with Gasteiger partial charge in [0.2, 0.25) is 0 Å². The molecule has 0 spiro atoms. The summed E-state index contributed by atoms with van der Waals surface area (Å²) in [4.78, 5) is 2.19. The summed E-state index contributed by atoms with van der Waals surface area (Å²) in [6.45, 7) is 1.97. The second kappa shape index (κ2) is 11.0. The fraction of sp³-hybridized carbons (Fsp3) is 0.208. The third-order valence-electron chi connectivity index (χ3n) is 4.81. The molecule has 0 bridgehead atoms. The summed E-state index contributed by atoms with van der Waals surface area (Å²) in [5, 5.41) is 23.3. The number of rotatable bonds is 9. The normalized spacial score (nSPS) is 11.8. The highest BCUT2D eigenvalue weighted by Gasteiger charge is 2.18. The number of hydrogen-bond acceptors (Lipinski definition) is 4. The third-order valence-corrected chi connectivity index (χ3v) is 5.37. The Hall–Kier alpha value is -2.55. The summed E-state index contributed by atoms with van der Waals surface area (Å²) in [6.07, 6.45) is 0. The lowest BCUT2D eigenvalue weighted by Crippen LogP contribution is -2.33. The molecule has 4 nitrogen and oxygen atoms in total. The average Bonchev–Trinajstić information content (AvgIpc) is 2.76. The van der Waals surface area contributed by atoms with Crippen molar-refractivity contribution < 1.29 is 5.11 Å². The highest BCUT2D eigenvalue weighted by atomic mass is 35.5. The third kappa shape index (κ3) is 6.22. The van der Waals surface area contributed by atoms with E-state index in [0.29, 0.717) is 35.2 Å². The van der Waals surface area contributed by atoms with Crippen LogP contribution in [0.15, 0.2) is 72.8 Å². The highest BCUT2D eigenvalue weighted by molar-refractivity contribution is 6.33. The maximum Gasteiger partial charge on any atom is 0.0992 e. The van der Waals surface area contributed by atoms with Gasteiger partial charge in [-0.2, -0.15) is 5.26 Å². The van der Waals surface area contributed by atoms with E-state index in [-0.39, 0.29) is 12.6 Å². The molecule has 0 unspecified atom stereocenters. The van der Waals surface area contributed by atoms with Gasteiger partial charge in [-0.15, -0.1) is 0 Å². The van der Waals surface area contributed by atoms with Gasteiger partial charge in [0.15, 0.2) is 0 Å². The Morgan fingerprint density at radius 2 is 1.73 bits per heavy atom. The minimum absolute atomic E-state index is 0.0673. The lowest BCUT2D eigenvalue weighted by molar-refractivity contribution is 0.185. The van der Waals surface area contributed by atoms with Crippen molar-refractivity contribution in [3.63, 3.8) is 0 Å². The smallest absolute Gasteiger partial charge is 0.0992 e. The molecule has 0 fully saturated rings. The van der Waals surface area contributed by atoms with Crippen LogP contribution in [0.4, 0.5) is 5.69 Å². The number of benzene rings is 3. The van der Waals surface area contributed by atoms with Crippen LogP contribution in [-0.4, -0.2) is 29.7 Å². The van der Waals surface area contributed by atoms with E-state index < -0.39 is 0 Å². The van der Waals surface area contributed by atoms with Crippen LogP contribution >= 0.6 is 23.2 Å². The molecule has 0 heterocycles. The Labute approximate surface area is 187 Å². The molecule has 154 valence electrons. The Balaban J connectivity index is 1.86. The maximum atomic E-state index is 9.59. The molecule has 6 heteroatoms. The van der Waals surface area contributed by atoms with Crippen molar-refractivity contribution in [3.8, 4) is 6.07 Å². The first-order valence-electron chi connectivity index (χ1n) is 9.68. The lowest BCUT2D eigenvalue weighted by atomic mass is 10.0. The van der Waals surface area contributed by atoms with Gasteiger partial charge in [-0.05, 0) is 41.5 Å². The molecule has 0 aliphatic carbocycles. The fourth-order valence-electron chi connectivity index (χ4n) is 3.30. The van der Waals surface area contributed by atoms with Gasteiger partial charge in [-0.1, -0.05) is 65.7 Å². The van der Waals surface area contributed by atoms with Gasteiger partial charge < -0.3 is 10.4 Å². The van der Waals surface area contributed by atoms with Gasteiger partial charge in [-0.3, -0.25) is 4.90 Å². The Bertz CT molecular complexity index is 988. The molecule has 30 heavy (non-hydrogen) atoms. The van der Waals surface area contributed by atoms with E-state index in [0.717, 1.165) is 11.3 Å². The Morgan fingerprint density at radius 1 is 1.00 bits per heavy atom. The SMILES string of the molecule is N#Cc1ccc(N[C@@H](CN(CCO)Cc2ccccc2)c2ccc(Cl)cc2)c(Cl)c1. The largest absolute Gasteiger partial charge is 0.395 e. The second-order valence-corrected chi connectivity index (χ2v) is 7.84. The van der Waals surface area contributed by atoms with Gasteiger partial charge in [0, 0.05) is 24.7 Å². The zero-order chi connectivity index (χ0) is 21.3. The summed E-state index contributed by atoms with van der Waals surface area (Å²) in [5.41, 5.74) is 3.49. The number of aliphatic hydroxyl groups is 1. The molecule has 3 aromatic carbocycles. The van der Waals surface area contributed by atoms with Crippen molar-refractivity contribution in [2.75, 3.05) is 25.0 Å². The van der Waals surface area contributed by atoms with Crippen LogP contribution in [0.2, 0.25) is 10.0 Å². The lowest BCUT2D eigenvalue weighted by Gasteiger charge is -2.29. The van der Waals surface area contributed by atoms with E-state index in [9.17, 15) is 5.11 Å². The number of anilines is 1. The van der Waals surface area contributed by atoms with Crippen molar-refractivity contribution in [2.24, 2.45) is 0 Å². The second-order valence-electron chi connectivity index (χ2n) is 7.00. The van der Waals surface area contributed by atoms with Crippen LogP contribution in [0.3, 0.4) is 0 Å². The van der Waals surface area contributed by atoms with E-state index in [1.807, 2.05) is 48.5 Å². The highest BCUT2D eigenvalue weighted by Crippen LogP contribution is 2.29. The summed E-state index contributed by atoms with van der Waals surface area (Å²) in [5.74, 6) is 0. The standard InChI is InChI=1S/C24H23Cl2N3O/c25-21-9-7-20(8-10-21)24(28-23-11-6-19(15-27)14-22(23)26)17-29(12-13-30)16-18-4-2-1-3-5-18/h1-11,14,24,28,30H,12-13,16-17H2/t24-/m0/s1. The van der Waals surface area contributed by atoms with Crippen molar-refractivity contribution in [1.82, 2.24) is 4.90 Å². The molecule has 3 rings (SSSR count). The number of aliphatic hydroxyl groups excluding tert-OH is 1. The van der Waals surface area contributed by atoms with Crippen LogP contribution in [0, 0.1) is 11.3 Å². The number of hydrogen-bond donors (Lipinski definition) is 2. The zero-order valence-corrected chi connectivity index (χ0v) is 17.9. The quantitative estimate of drug-likeness (QED) is 0.461. The summed E-state index contributed by atoms with van der Waals surface area (Å²) in [6, 6.07) is 25.1. The van der Waals surface area contributed by atoms with E-state index in [4.69, 9.17) is 28.5 Å². The molecule has 0 radical (unpaired) electrons. The molecule has 3 aromatic rings. The average molecular weight is 440 g/mol. The summed E-state index contributed by atoms with van der Waals surface area (Å²) < 4.78 is 0. The zero-order valence-electron chi connectivity index (χ0n) is 16.4. The predicted molar refractivity (Wildman–Crippen MR) is 123 cm³/mol. The summed E-state index contributed by atoms with van der Waals surface area (Å²) >= 11 is 12.5. The van der Waals surface area contributed by atoms with Crippen molar-refractivity contribution in [2.45, 2.75) is 12.6 Å². The van der Waals surface area contributed by atoms with Gasteiger partial charge in [0.25, 0.3) is 0 Å². The van der Waals surface area contributed by atoms with Gasteiger partial charge in [0.05, 0.1) is 35.0 Å². The van der Waals surface area contributed by atoms with Crippen molar-refractivity contribution >= 4 is 28.9 Å². The number of nitriles is 1. The first kappa shape index (κ1) is 22.1. The van der Waals surface area contributed by atoms with Crippen LogP contribution in [0.5, 0.6) is 0 Å². The number of nitrogens with zero attached hydrogens (tertiary/aromatic N) is 2. The molecule has 0 aromatic heterocycles. The van der Waals surface area contributed by atoms with Crippen LogP contribution < -0.4 is 5.32 Å². The molecule has 0 amide bonds. The first-order valence-corrected chi connectivity index (χ1v) is 10.4. The van der Waals surface area contributed by atoms with Gasteiger partial charge in [0.1, 0.15) is 0 Å².